The van der Waals surface area contributed by atoms with Gasteiger partial charge in [0.15, 0.2) is 0 Å². The molecule has 1 spiro atoms. The molecule has 1 saturated heterocycles. The van der Waals surface area contributed by atoms with Gasteiger partial charge in [-0.05, 0) is 87.0 Å². The Kier molecular flexibility index (Phi) is 5.11. The number of amides is 1. The third-order valence-corrected chi connectivity index (χ3v) is 8.71. The topological polar surface area (TPSA) is 41.8 Å². The van der Waals surface area contributed by atoms with Crippen molar-refractivity contribution >= 4 is 23.2 Å². The lowest BCUT2D eigenvalue weighted by atomic mass is 9.64. The quantitative estimate of drug-likeness (QED) is 0.539. The molecule has 174 valence electrons. The minimum atomic E-state index is 0.00778. The van der Waals surface area contributed by atoms with Crippen LogP contribution in [0.25, 0.3) is 0 Å². The minimum absolute atomic E-state index is 0.00778. The average Bonchev–Trinajstić information content (AvgIpc) is 3.42. The highest BCUT2D eigenvalue weighted by atomic mass is 35.5. The number of hydrogen-bond donors (Lipinski definition) is 0. The van der Waals surface area contributed by atoms with Gasteiger partial charge in [-0.1, -0.05) is 18.5 Å². The van der Waals surface area contributed by atoms with Crippen LogP contribution in [0, 0.1) is 5.92 Å². The molecule has 0 bridgehead atoms. The number of rotatable bonds is 6. The van der Waals surface area contributed by atoms with Crippen molar-refractivity contribution < 1.29 is 14.3 Å². The first kappa shape index (κ1) is 21.3. The molecule has 33 heavy (non-hydrogen) atoms. The molecule has 1 unspecified atom stereocenters. The highest BCUT2D eigenvalue weighted by molar-refractivity contribution is 6.32. The lowest BCUT2D eigenvalue weighted by Gasteiger charge is -2.43. The van der Waals surface area contributed by atoms with E-state index in [9.17, 15) is 4.79 Å². The van der Waals surface area contributed by atoms with E-state index in [4.69, 9.17) is 21.1 Å². The van der Waals surface area contributed by atoms with Gasteiger partial charge in [0.25, 0.3) is 5.91 Å². The molecule has 4 aliphatic rings. The molecule has 2 aromatic carbocycles. The zero-order valence-corrected chi connectivity index (χ0v) is 20.1. The molecule has 6 rings (SSSR count). The molecule has 2 saturated carbocycles. The van der Waals surface area contributed by atoms with E-state index in [-0.39, 0.29) is 12.0 Å². The number of halogens is 1. The van der Waals surface area contributed by atoms with Crippen molar-refractivity contribution in [1.82, 2.24) is 4.90 Å². The second kappa shape index (κ2) is 7.92. The summed E-state index contributed by atoms with van der Waals surface area (Å²) in [7, 11) is 2.26. The van der Waals surface area contributed by atoms with E-state index in [1.54, 1.807) is 0 Å². The zero-order chi connectivity index (χ0) is 22.7. The summed E-state index contributed by atoms with van der Waals surface area (Å²) >= 11 is 6.65. The van der Waals surface area contributed by atoms with Crippen LogP contribution in [0.1, 0.15) is 54.9 Å². The molecule has 1 amide bonds. The molecule has 2 heterocycles. The first-order valence-electron chi connectivity index (χ1n) is 12.3. The number of fused-ring (bicyclic) bond motifs is 1. The molecular weight excluding hydrogens is 436 g/mol. The Morgan fingerprint density at radius 1 is 1.18 bits per heavy atom. The monoisotopic (exact) mass is 466 g/mol. The molecule has 0 N–H and O–H groups in total. The predicted molar refractivity (Wildman–Crippen MR) is 130 cm³/mol. The van der Waals surface area contributed by atoms with Crippen LogP contribution in [0.4, 0.5) is 5.69 Å². The Bertz CT molecular complexity index is 1090. The van der Waals surface area contributed by atoms with Crippen molar-refractivity contribution in [1.29, 1.82) is 0 Å². The van der Waals surface area contributed by atoms with Gasteiger partial charge in [0, 0.05) is 35.8 Å². The Labute approximate surface area is 200 Å². The summed E-state index contributed by atoms with van der Waals surface area (Å²) in [5.41, 5.74) is 3.10. The number of carbonyl (C=O) groups is 1. The molecule has 6 heteroatoms. The highest BCUT2D eigenvalue weighted by Crippen LogP contribution is 2.64. The number of likely N-dealkylation sites (tertiary alicyclic amines) is 1. The lowest BCUT2D eigenvalue weighted by molar-refractivity contribution is 0.0655. The fraction of sp³-hybridized carbons (Fsp3) is 0.519. The van der Waals surface area contributed by atoms with Crippen LogP contribution in [0.2, 0.25) is 5.02 Å². The minimum Gasteiger partial charge on any atom is -0.494 e. The van der Waals surface area contributed by atoms with E-state index >= 15 is 0 Å². The molecule has 3 fully saturated rings. The first-order valence-corrected chi connectivity index (χ1v) is 12.7. The van der Waals surface area contributed by atoms with Gasteiger partial charge in [0.05, 0.1) is 11.6 Å². The summed E-state index contributed by atoms with van der Waals surface area (Å²) in [5.74, 6) is 2.33. The number of hydrogen-bond acceptors (Lipinski definition) is 4. The molecule has 0 radical (unpaired) electrons. The smallest absolute Gasteiger partial charge is 0.258 e. The Hall–Kier alpha value is -2.24. The van der Waals surface area contributed by atoms with Crippen LogP contribution in [-0.2, 0) is 6.42 Å². The van der Waals surface area contributed by atoms with Gasteiger partial charge in [-0.3, -0.25) is 9.69 Å². The predicted octanol–water partition coefficient (Wildman–Crippen LogP) is 5.34. The maximum absolute atomic E-state index is 13.2. The van der Waals surface area contributed by atoms with E-state index in [0.29, 0.717) is 29.8 Å². The van der Waals surface area contributed by atoms with Crippen LogP contribution in [-0.4, -0.2) is 48.7 Å². The van der Waals surface area contributed by atoms with E-state index in [2.05, 4.69) is 18.9 Å². The van der Waals surface area contributed by atoms with Crippen molar-refractivity contribution in [2.45, 2.75) is 63.1 Å². The highest BCUT2D eigenvalue weighted by Gasteiger charge is 2.71. The average molecular weight is 467 g/mol. The number of benzene rings is 2. The normalized spacial score (nSPS) is 31.7. The van der Waals surface area contributed by atoms with Gasteiger partial charge in [-0.25, -0.2) is 0 Å². The fourth-order valence-corrected chi connectivity index (χ4v) is 6.73. The number of likely N-dealkylation sites (N-methyl/N-ethyl adjacent to an activating group) is 1. The van der Waals surface area contributed by atoms with Crippen LogP contribution in [0.5, 0.6) is 11.5 Å². The van der Waals surface area contributed by atoms with Crippen molar-refractivity contribution in [3.8, 4) is 11.5 Å². The second-order valence-corrected chi connectivity index (χ2v) is 10.5. The second-order valence-electron chi connectivity index (χ2n) is 10.1. The summed E-state index contributed by atoms with van der Waals surface area (Å²) in [6, 6.07) is 12.2. The fourth-order valence-electron chi connectivity index (χ4n) is 6.51. The van der Waals surface area contributed by atoms with Crippen molar-refractivity contribution in [2.24, 2.45) is 5.92 Å². The Balaban J connectivity index is 1.15. The van der Waals surface area contributed by atoms with Gasteiger partial charge in [-0.2, -0.15) is 0 Å². The third-order valence-electron chi connectivity index (χ3n) is 8.42. The standard InChI is InChI=1S/C27H31ClN2O3/c1-3-12-32-20-5-6-22-17(13-20)9-11-30(26(22)31)19-4-7-24(23(28)15-19)33-21-14-18-8-10-27(18)25(16-21)29(27)2/h4-7,13,15,18,21,25H,3,8-12,14,16H2,1-2H3/t18-,21+,25-,27?,29-/m1/s1. The van der Waals surface area contributed by atoms with Crippen molar-refractivity contribution in [3.63, 3.8) is 0 Å². The molecule has 0 aromatic heterocycles. The number of carbonyl (C=O) groups excluding carboxylic acids is 1. The summed E-state index contributed by atoms with van der Waals surface area (Å²) in [6.07, 6.45) is 6.83. The molecular formula is C27H31ClN2O3. The lowest BCUT2D eigenvalue weighted by Crippen LogP contribution is -2.46. The number of anilines is 1. The van der Waals surface area contributed by atoms with Crippen LogP contribution < -0.4 is 14.4 Å². The van der Waals surface area contributed by atoms with Gasteiger partial charge in [0.2, 0.25) is 0 Å². The molecule has 2 aliphatic carbocycles. The van der Waals surface area contributed by atoms with Crippen LogP contribution in [0.15, 0.2) is 36.4 Å². The van der Waals surface area contributed by atoms with Gasteiger partial charge < -0.3 is 14.4 Å². The number of ether oxygens (including phenoxy) is 2. The molecule has 5 nitrogen and oxygen atoms in total. The third kappa shape index (κ3) is 3.35. The Morgan fingerprint density at radius 2 is 2.06 bits per heavy atom. The summed E-state index contributed by atoms with van der Waals surface area (Å²) < 4.78 is 12.1. The van der Waals surface area contributed by atoms with E-state index in [0.717, 1.165) is 59.9 Å². The maximum Gasteiger partial charge on any atom is 0.258 e. The molecule has 2 aromatic rings. The number of nitrogens with zero attached hydrogens (tertiary/aromatic N) is 2. The van der Waals surface area contributed by atoms with Gasteiger partial charge >= 0.3 is 0 Å². The maximum atomic E-state index is 13.2. The SMILES string of the molecule is CCCOc1ccc2c(c1)CCN(c1ccc(O[C@H]3C[C@H]4CCC45[C@@H](C3)[N@@]5C)c(Cl)c1)C2=O. The van der Waals surface area contributed by atoms with E-state index in [1.165, 1.54) is 12.8 Å². The Morgan fingerprint density at radius 3 is 2.79 bits per heavy atom. The van der Waals surface area contributed by atoms with E-state index < -0.39 is 0 Å². The van der Waals surface area contributed by atoms with Crippen molar-refractivity contribution in [2.75, 3.05) is 25.1 Å². The summed E-state index contributed by atoms with van der Waals surface area (Å²) in [6.45, 7) is 3.40. The van der Waals surface area contributed by atoms with E-state index in [1.807, 2.05) is 41.3 Å². The van der Waals surface area contributed by atoms with Gasteiger partial charge in [0.1, 0.15) is 17.6 Å². The molecule has 2 aliphatic heterocycles. The van der Waals surface area contributed by atoms with Crippen LogP contribution in [0.3, 0.4) is 0 Å². The molecule has 5 atom stereocenters. The first-order chi connectivity index (χ1) is 16.0. The van der Waals surface area contributed by atoms with Crippen molar-refractivity contribution in [3.05, 3.63) is 52.5 Å². The van der Waals surface area contributed by atoms with Crippen LogP contribution >= 0.6 is 11.6 Å². The summed E-state index contributed by atoms with van der Waals surface area (Å²) in [4.78, 5) is 17.6. The summed E-state index contributed by atoms with van der Waals surface area (Å²) in [5, 5.41) is 0.573. The van der Waals surface area contributed by atoms with Gasteiger partial charge in [-0.15, -0.1) is 0 Å². The largest absolute Gasteiger partial charge is 0.494 e. The zero-order valence-electron chi connectivity index (χ0n) is 19.4.